The van der Waals surface area contributed by atoms with E-state index in [1.165, 1.54) is 0 Å². The van der Waals surface area contributed by atoms with Crippen LogP contribution in [-0.4, -0.2) is 42.4 Å². The highest BCUT2D eigenvalue weighted by atomic mass is 16.2. The van der Waals surface area contributed by atoms with Crippen molar-refractivity contribution in [3.05, 3.63) is 0 Å². The third-order valence-corrected chi connectivity index (χ3v) is 3.48. The summed E-state index contributed by atoms with van der Waals surface area (Å²) in [6.07, 6.45) is 0. The second-order valence-corrected chi connectivity index (χ2v) is 5.44. The van der Waals surface area contributed by atoms with Crippen molar-refractivity contribution < 1.29 is 9.59 Å². The first-order chi connectivity index (χ1) is 7.54. The molecule has 3 N–H and O–H groups in total. The number of nitrogens with two attached hydrogens (primary N) is 1. The van der Waals surface area contributed by atoms with Crippen LogP contribution < -0.4 is 11.1 Å². The van der Waals surface area contributed by atoms with Crippen LogP contribution in [0.5, 0.6) is 0 Å². The van der Waals surface area contributed by atoms with Gasteiger partial charge in [-0.3, -0.25) is 9.59 Å². The molecule has 0 saturated heterocycles. The third kappa shape index (κ3) is 4.00. The molecule has 0 aromatic carbocycles. The largest absolute Gasteiger partial charge is 0.347 e. The minimum absolute atomic E-state index is 0.0166. The minimum atomic E-state index is -0.724. The lowest BCUT2D eigenvalue weighted by molar-refractivity contribution is -0.136. The number of carbonyl (C=O) groups is 2. The lowest BCUT2D eigenvalue weighted by atomic mass is 9.74. The topological polar surface area (TPSA) is 75.4 Å². The van der Waals surface area contributed by atoms with Crippen LogP contribution in [0.3, 0.4) is 0 Å². The van der Waals surface area contributed by atoms with E-state index in [4.69, 9.17) is 5.73 Å². The number of rotatable bonds is 5. The molecule has 0 spiro atoms. The number of carbonyl (C=O) groups excluding carboxylic acids is 2. The van der Waals surface area contributed by atoms with Crippen LogP contribution in [0.4, 0.5) is 0 Å². The predicted octanol–water partition coefficient (Wildman–Crippen LogP) is 0.344. The Balaban J connectivity index is 4.43. The van der Waals surface area contributed by atoms with Gasteiger partial charge in [0.1, 0.15) is 0 Å². The van der Waals surface area contributed by atoms with E-state index in [-0.39, 0.29) is 18.4 Å². The fourth-order valence-electron chi connectivity index (χ4n) is 0.981. The molecule has 0 aliphatic rings. The van der Waals surface area contributed by atoms with Crippen molar-refractivity contribution >= 4 is 11.8 Å². The molecule has 0 radical (unpaired) electrons. The van der Waals surface area contributed by atoms with Crippen molar-refractivity contribution in [1.29, 1.82) is 0 Å². The van der Waals surface area contributed by atoms with Crippen molar-refractivity contribution in [1.82, 2.24) is 10.2 Å². The van der Waals surface area contributed by atoms with Gasteiger partial charge in [-0.1, -0.05) is 0 Å². The van der Waals surface area contributed by atoms with Gasteiger partial charge in [0.05, 0.1) is 12.0 Å². The van der Waals surface area contributed by atoms with Crippen molar-refractivity contribution in [2.24, 2.45) is 11.1 Å². The Morgan fingerprint density at radius 2 is 1.71 bits per heavy atom. The molecule has 0 aliphatic heterocycles. The predicted molar refractivity (Wildman–Crippen MR) is 68.4 cm³/mol. The molecule has 2 amide bonds. The van der Waals surface area contributed by atoms with Gasteiger partial charge in [-0.05, 0) is 34.6 Å². The maximum Gasteiger partial charge on any atom is 0.241 e. The molecule has 0 aliphatic carbocycles. The molecule has 0 aromatic heterocycles. The fourth-order valence-corrected chi connectivity index (χ4v) is 0.981. The molecule has 0 aromatic rings. The zero-order valence-electron chi connectivity index (χ0n) is 11.8. The maximum absolute atomic E-state index is 12.0. The summed E-state index contributed by atoms with van der Waals surface area (Å²) >= 11 is 0. The molecule has 0 unspecified atom stereocenters. The van der Waals surface area contributed by atoms with E-state index < -0.39 is 11.0 Å². The summed E-state index contributed by atoms with van der Waals surface area (Å²) in [5, 5.41) is 2.63. The van der Waals surface area contributed by atoms with E-state index in [9.17, 15) is 9.59 Å². The van der Waals surface area contributed by atoms with Crippen molar-refractivity contribution in [3.63, 3.8) is 0 Å². The Bertz CT molecular complexity index is 293. The molecular formula is C12H25N3O2. The van der Waals surface area contributed by atoms with Crippen LogP contribution >= 0.6 is 0 Å². The Hall–Kier alpha value is -1.10. The monoisotopic (exact) mass is 243 g/mol. The summed E-state index contributed by atoms with van der Waals surface area (Å²) in [6, 6.07) is 0. The van der Waals surface area contributed by atoms with Crippen LogP contribution in [0.1, 0.15) is 34.6 Å². The van der Waals surface area contributed by atoms with Gasteiger partial charge in [0.15, 0.2) is 0 Å². The molecule has 0 bridgehead atoms. The van der Waals surface area contributed by atoms with Gasteiger partial charge in [-0.15, -0.1) is 0 Å². The molecular weight excluding hydrogens is 218 g/mol. The average molecular weight is 243 g/mol. The first kappa shape index (κ1) is 15.9. The molecule has 5 nitrogen and oxygen atoms in total. The number of hydrogen-bond donors (Lipinski definition) is 2. The van der Waals surface area contributed by atoms with Crippen molar-refractivity contribution in [2.45, 2.75) is 40.2 Å². The highest BCUT2D eigenvalue weighted by Crippen LogP contribution is 2.28. The average Bonchev–Trinajstić information content (AvgIpc) is 2.22. The number of likely N-dealkylation sites (N-methyl/N-ethyl adjacent to an activating group) is 1. The van der Waals surface area contributed by atoms with Crippen LogP contribution in [0.25, 0.3) is 0 Å². The van der Waals surface area contributed by atoms with Gasteiger partial charge in [0.25, 0.3) is 0 Å². The summed E-state index contributed by atoms with van der Waals surface area (Å²) < 4.78 is 0. The zero-order valence-corrected chi connectivity index (χ0v) is 11.8. The third-order valence-electron chi connectivity index (χ3n) is 3.48. The van der Waals surface area contributed by atoms with Crippen LogP contribution in [0, 0.1) is 5.41 Å². The summed E-state index contributed by atoms with van der Waals surface area (Å²) in [7, 11) is 1.70. The molecule has 100 valence electrons. The number of hydrogen-bond acceptors (Lipinski definition) is 3. The summed E-state index contributed by atoms with van der Waals surface area (Å²) in [4.78, 5) is 25.1. The molecule has 0 fully saturated rings. The second kappa shape index (κ2) is 5.49. The molecule has 0 rings (SSSR count). The summed E-state index contributed by atoms with van der Waals surface area (Å²) in [6.45, 7) is 9.67. The first-order valence-corrected chi connectivity index (χ1v) is 5.85. The highest BCUT2D eigenvalue weighted by Gasteiger charge is 2.40. The fraction of sp³-hybridized carbons (Fsp3) is 0.833. The van der Waals surface area contributed by atoms with Crippen LogP contribution in [0.2, 0.25) is 0 Å². The molecule has 0 saturated carbocycles. The molecule has 0 atom stereocenters. The van der Waals surface area contributed by atoms with E-state index in [1.807, 2.05) is 6.92 Å². The SMILES string of the molecule is CCN(C)C(=O)CNC(=O)C(C)(C)C(C)(C)N. The summed E-state index contributed by atoms with van der Waals surface area (Å²) in [5.41, 5.74) is 4.58. The smallest absolute Gasteiger partial charge is 0.241 e. The van der Waals surface area contributed by atoms with Crippen LogP contribution in [0.15, 0.2) is 0 Å². The van der Waals surface area contributed by atoms with E-state index >= 15 is 0 Å². The van der Waals surface area contributed by atoms with Gasteiger partial charge < -0.3 is 16.0 Å². The Morgan fingerprint density at radius 1 is 1.24 bits per heavy atom. The molecule has 5 heteroatoms. The van der Waals surface area contributed by atoms with E-state index in [1.54, 1.807) is 39.6 Å². The highest BCUT2D eigenvalue weighted by molar-refractivity contribution is 5.88. The van der Waals surface area contributed by atoms with Gasteiger partial charge in [-0.25, -0.2) is 0 Å². The van der Waals surface area contributed by atoms with Gasteiger partial charge >= 0.3 is 0 Å². The number of nitrogens with zero attached hydrogens (tertiary/aromatic N) is 1. The number of amides is 2. The number of nitrogens with one attached hydrogen (secondary N) is 1. The van der Waals surface area contributed by atoms with Crippen molar-refractivity contribution in [3.8, 4) is 0 Å². The Morgan fingerprint density at radius 3 is 2.06 bits per heavy atom. The molecule has 17 heavy (non-hydrogen) atoms. The lowest BCUT2D eigenvalue weighted by Gasteiger charge is -2.36. The minimum Gasteiger partial charge on any atom is -0.347 e. The molecule has 0 heterocycles. The van der Waals surface area contributed by atoms with Crippen LogP contribution in [-0.2, 0) is 9.59 Å². The maximum atomic E-state index is 12.0. The lowest BCUT2D eigenvalue weighted by Crippen LogP contribution is -2.56. The summed E-state index contributed by atoms with van der Waals surface area (Å²) in [5.74, 6) is -0.311. The Labute approximate surface area is 104 Å². The standard InChI is InChI=1S/C12H25N3O2/c1-7-15(6)9(16)8-14-10(17)11(2,3)12(4,5)13/h7-8,13H2,1-6H3,(H,14,17). The van der Waals surface area contributed by atoms with Gasteiger partial charge in [0, 0.05) is 19.1 Å². The van der Waals surface area contributed by atoms with Gasteiger partial charge in [-0.2, -0.15) is 0 Å². The zero-order chi connectivity index (χ0) is 13.9. The van der Waals surface area contributed by atoms with E-state index in [0.717, 1.165) is 0 Å². The van der Waals surface area contributed by atoms with E-state index in [0.29, 0.717) is 6.54 Å². The Kier molecular flexibility index (Phi) is 5.13. The quantitative estimate of drug-likeness (QED) is 0.731. The normalized spacial score (nSPS) is 12.2. The van der Waals surface area contributed by atoms with E-state index in [2.05, 4.69) is 5.32 Å². The van der Waals surface area contributed by atoms with Gasteiger partial charge in [0.2, 0.25) is 11.8 Å². The second-order valence-electron chi connectivity index (χ2n) is 5.44. The first-order valence-electron chi connectivity index (χ1n) is 5.85. The van der Waals surface area contributed by atoms with Crippen molar-refractivity contribution in [2.75, 3.05) is 20.1 Å².